The second-order valence-corrected chi connectivity index (χ2v) is 6.83. The second kappa shape index (κ2) is 5.86. The standard InChI is InChI=1S/C18H20N2OS/c1-13-3-2-7-20(13)8-6-16-9-15-5-4-14(10-18(15)21-16)17-11-22-12-19-17/h4-5,9-13H,2-3,6-8H2,1H3. The molecule has 1 unspecified atom stereocenters. The van der Waals surface area contributed by atoms with Crippen LogP contribution in [0.5, 0.6) is 0 Å². The van der Waals surface area contributed by atoms with Crippen molar-refractivity contribution in [3.8, 4) is 11.3 Å². The molecule has 1 aromatic carbocycles. The summed E-state index contributed by atoms with van der Waals surface area (Å²) in [6, 6.07) is 9.27. The number of aromatic nitrogens is 1. The highest BCUT2D eigenvalue weighted by atomic mass is 32.1. The first kappa shape index (κ1) is 14.0. The highest BCUT2D eigenvalue weighted by Crippen LogP contribution is 2.27. The van der Waals surface area contributed by atoms with Gasteiger partial charge in [-0.2, -0.15) is 0 Å². The summed E-state index contributed by atoms with van der Waals surface area (Å²) < 4.78 is 6.05. The van der Waals surface area contributed by atoms with Crippen LogP contribution in [0, 0.1) is 0 Å². The minimum Gasteiger partial charge on any atom is -0.461 e. The normalized spacial score (nSPS) is 19.2. The van der Waals surface area contributed by atoms with Gasteiger partial charge in [0.05, 0.1) is 11.2 Å². The zero-order valence-corrected chi connectivity index (χ0v) is 13.6. The molecule has 3 nitrogen and oxygen atoms in total. The largest absolute Gasteiger partial charge is 0.461 e. The van der Waals surface area contributed by atoms with Gasteiger partial charge in [-0.1, -0.05) is 12.1 Å². The smallest absolute Gasteiger partial charge is 0.134 e. The minimum atomic E-state index is 0.723. The summed E-state index contributed by atoms with van der Waals surface area (Å²) >= 11 is 1.62. The minimum absolute atomic E-state index is 0.723. The Hall–Kier alpha value is -1.65. The Labute approximate surface area is 134 Å². The van der Waals surface area contributed by atoms with Crippen molar-refractivity contribution in [3.05, 3.63) is 40.9 Å². The number of furan rings is 1. The number of nitrogens with zero attached hydrogens (tertiary/aromatic N) is 2. The third-order valence-electron chi connectivity index (χ3n) is 4.64. The first-order valence-electron chi connectivity index (χ1n) is 7.95. The molecule has 3 heterocycles. The Bertz CT molecular complexity index is 763. The molecule has 0 saturated carbocycles. The molecule has 3 aromatic rings. The van der Waals surface area contributed by atoms with Gasteiger partial charge in [0, 0.05) is 35.3 Å². The Kier molecular flexibility index (Phi) is 3.72. The van der Waals surface area contributed by atoms with E-state index in [0.29, 0.717) is 0 Å². The van der Waals surface area contributed by atoms with Crippen LogP contribution < -0.4 is 0 Å². The molecule has 1 atom stereocenters. The van der Waals surface area contributed by atoms with Crippen LogP contribution in [0.15, 0.2) is 39.6 Å². The third-order valence-corrected chi connectivity index (χ3v) is 5.22. The van der Waals surface area contributed by atoms with Crippen molar-refractivity contribution in [2.24, 2.45) is 0 Å². The molecule has 1 aliphatic heterocycles. The second-order valence-electron chi connectivity index (χ2n) is 6.12. The van der Waals surface area contributed by atoms with Crippen molar-refractivity contribution in [2.75, 3.05) is 13.1 Å². The summed E-state index contributed by atoms with van der Waals surface area (Å²) in [5.74, 6) is 1.09. The third kappa shape index (κ3) is 2.69. The van der Waals surface area contributed by atoms with Gasteiger partial charge in [-0.3, -0.25) is 0 Å². The molecule has 0 amide bonds. The van der Waals surface area contributed by atoms with E-state index in [-0.39, 0.29) is 0 Å². The van der Waals surface area contributed by atoms with Gasteiger partial charge in [0.2, 0.25) is 0 Å². The summed E-state index contributed by atoms with van der Waals surface area (Å²) in [6.45, 7) is 4.65. The lowest BCUT2D eigenvalue weighted by Gasteiger charge is -2.19. The Morgan fingerprint density at radius 1 is 1.36 bits per heavy atom. The fourth-order valence-electron chi connectivity index (χ4n) is 3.30. The van der Waals surface area contributed by atoms with Crippen molar-refractivity contribution < 1.29 is 4.42 Å². The van der Waals surface area contributed by atoms with Gasteiger partial charge in [-0.05, 0) is 38.4 Å². The van der Waals surface area contributed by atoms with Gasteiger partial charge in [0.1, 0.15) is 11.3 Å². The average Bonchev–Trinajstić information content (AvgIpc) is 3.25. The van der Waals surface area contributed by atoms with E-state index in [1.165, 1.54) is 24.8 Å². The predicted molar refractivity (Wildman–Crippen MR) is 91.3 cm³/mol. The lowest BCUT2D eigenvalue weighted by molar-refractivity contribution is 0.266. The van der Waals surface area contributed by atoms with Crippen molar-refractivity contribution in [3.63, 3.8) is 0 Å². The molecule has 2 aromatic heterocycles. The van der Waals surface area contributed by atoms with Gasteiger partial charge >= 0.3 is 0 Å². The molecule has 1 fully saturated rings. The summed E-state index contributed by atoms with van der Waals surface area (Å²) in [5, 5.41) is 3.25. The molecule has 4 heteroatoms. The van der Waals surface area contributed by atoms with Gasteiger partial charge in [0.15, 0.2) is 0 Å². The van der Waals surface area contributed by atoms with E-state index in [9.17, 15) is 0 Å². The SMILES string of the molecule is CC1CCCN1CCc1cc2ccc(-c3cscn3)cc2o1. The Balaban J connectivity index is 1.53. The van der Waals surface area contributed by atoms with Crippen LogP contribution in [0.25, 0.3) is 22.2 Å². The van der Waals surface area contributed by atoms with E-state index in [1.807, 2.05) is 5.51 Å². The summed E-state index contributed by atoms with van der Waals surface area (Å²) in [4.78, 5) is 6.93. The topological polar surface area (TPSA) is 29.3 Å². The molecule has 114 valence electrons. The van der Waals surface area contributed by atoms with E-state index in [4.69, 9.17) is 4.42 Å². The Morgan fingerprint density at radius 3 is 3.09 bits per heavy atom. The van der Waals surface area contributed by atoms with Crippen molar-refractivity contribution in [1.82, 2.24) is 9.88 Å². The molecular formula is C18H20N2OS. The highest BCUT2D eigenvalue weighted by molar-refractivity contribution is 7.07. The van der Waals surface area contributed by atoms with Crippen LogP contribution in [0.4, 0.5) is 0 Å². The number of hydrogen-bond donors (Lipinski definition) is 0. The van der Waals surface area contributed by atoms with Crippen LogP contribution in [-0.2, 0) is 6.42 Å². The molecular weight excluding hydrogens is 292 g/mol. The van der Waals surface area contributed by atoms with Crippen LogP contribution in [-0.4, -0.2) is 29.0 Å². The molecule has 0 aliphatic carbocycles. The van der Waals surface area contributed by atoms with E-state index in [0.717, 1.165) is 41.6 Å². The maximum Gasteiger partial charge on any atom is 0.134 e. The first-order valence-corrected chi connectivity index (χ1v) is 8.89. The summed E-state index contributed by atoms with van der Waals surface area (Å²) in [7, 11) is 0. The molecule has 1 saturated heterocycles. The van der Waals surface area contributed by atoms with Gasteiger partial charge in [-0.15, -0.1) is 11.3 Å². The van der Waals surface area contributed by atoms with Crippen LogP contribution in [0.3, 0.4) is 0 Å². The summed E-state index contributed by atoms with van der Waals surface area (Å²) in [5.41, 5.74) is 4.98. The molecule has 0 bridgehead atoms. The molecule has 1 aliphatic rings. The monoisotopic (exact) mass is 312 g/mol. The molecule has 0 radical (unpaired) electrons. The van der Waals surface area contributed by atoms with Crippen LogP contribution in [0.2, 0.25) is 0 Å². The van der Waals surface area contributed by atoms with Gasteiger partial charge < -0.3 is 9.32 Å². The number of rotatable bonds is 4. The maximum absolute atomic E-state index is 6.05. The van der Waals surface area contributed by atoms with Gasteiger partial charge in [-0.25, -0.2) is 4.98 Å². The molecule has 4 rings (SSSR count). The van der Waals surface area contributed by atoms with Crippen molar-refractivity contribution in [1.29, 1.82) is 0 Å². The zero-order chi connectivity index (χ0) is 14.9. The Morgan fingerprint density at radius 2 is 2.32 bits per heavy atom. The van der Waals surface area contributed by atoms with Crippen LogP contribution >= 0.6 is 11.3 Å². The highest BCUT2D eigenvalue weighted by Gasteiger charge is 2.20. The van der Waals surface area contributed by atoms with Crippen molar-refractivity contribution >= 4 is 22.3 Å². The predicted octanol–water partition coefficient (Wildman–Crippen LogP) is 4.58. The number of likely N-dealkylation sites (tertiary alicyclic amines) is 1. The quantitative estimate of drug-likeness (QED) is 0.706. The lowest BCUT2D eigenvalue weighted by Crippen LogP contribution is -2.28. The molecule has 22 heavy (non-hydrogen) atoms. The first-order chi connectivity index (χ1) is 10.8. The van der Waals surface area contributed by atoms with E-state index in [2.05, 4.69) is 46.5 Å². The summed E-state index contributed by atoms with van der Waals surface area (Å²) in [6.07, 6.45) is 3.65. The number of fused-ring (bicyclic) bond motifs is 1. The fraction of sp³-hybridized carbons (Fsp3) is 0.389. The number of thiazole rings is 1. The zero-order valence-electron chi connectivity index (χ0n) is 12.8. The van der Waals surface area contributed by atoms with E-state index >= 15 is 0 Å². The van der Waals surface area contributed by atoms with E-state index < -0.39 is 0 Å². The van der Waals surface area contributed by atoms with Crippen LogP contribution in [0.1, 0.15) is 25.5 Å². The number of hydrogen-bond acceptors (Lipinski definition) is 4. The average molecular weight is 312 g/mol. The van der Waals surface area contributed by atoms with Gasteiger partial charge in [0.25, 0.3) is 0 Å². The molecule has 0 spiro atoms. The number of benzene rings is 1. The van der Waals surface area contributed by atoms with Crippen molar-refractivity contribution in [2.45, 2.75) is 32.2 Å². The fourth-order valence-corrected chi connectivity index (χ4v) is 3.86. The lowest BCUT2D eigenvalue weighted by atomic mass is 10.1. The van der Waals surface area contributed by atoms with E-state index in [1.54, 1.807) is 11.3 Å². The maximum atomic E-state index is 6.05. The molecule has 0 N–H and O–H groups in total.